The number of piperidine rings is 1. The summed E-state index contributed by atoms with van der Waals surface area (Å²) in [7, 11) is 0. The number of carbonyl (C=O) groups excluding carboxylic acids is 1. The maximum atomic E-state index is 12.6. The number of amides is 1. The summed E-state index contributed by atoms with van der Waals surface area (Å²) in [5, 5.41) is 0. The largest absolute Gasteiger partial charge is 0.391 e. The zero-order valence-electron chi connectivity index (χ0n) is 11.6. The predicted octanol–water partition coefficient (Wildman–Crippen LogP) is 2.32. The van der Waals surface area contributed by atoms with Crippen molar-refractivity contribution in [1.82, 2.24) is 14.9 Å². The van der Waals surface area contributed by atoms with E-state index in [2.05, 4.69) is 9.97 Å². The summed E-state index contributed by atoms with van der Waals surface area (Å²) in [6.45, 7) is 0.435. The van der Waals surface area contributed by atoms with Crippen LogP contribution >= 0.6 is 0 Å². The summed E-state index contributed by atoms with van der Waals surface area (Å²) in [6, 6.07) is 0. The van der Waals surface area contributed by atoms with Crippen molar-refractivity contribution in [3.63, 3.8) is 0 Å². The lowest BCUT2D eigenvalue weighted by atomic mass is 9.87. The van der Waals surface area contributed by atoms with Crippen LogP contribution in [0.3, 0.4) is 0 Å². The van der Waals surface area contributed by atoms with E-state index in [0.29, 0.717) is 6.42 Å². The first-order valence-corrected chi connectivity index (χ1v) is 7.32. The summed E-state index contributed by atoms with van der Waals surface area (Å²) in [4.78, 5) is 21.3. The summed E-state index contributed by atoms with van der Waals surface area (Å²) in [5.41, 5.74) is 2.00. The van der Waals surface area contributed by atoms with Gasteiger partial charge in [-0.25, -0.2) is 4.98 Å². The second-order valence-electron chi connectivity index (χ2n) is 5.91. The van der Waals surface area contributed by atoms with Crippen molar-refractivity contribution in [2.24, 2.45) is 11.8 Å². The van der Waals surface area contributed by atoms with Crippen LogP contribution in [-0.2, 0) is 17.6 Å². The summed E-state index contributed by atoms with van der Waals surface area (Å²) in [6.07, 6.45) is -0.344. The van der Waals surface area contributed by atoms with Crippen LogP contribution in [0.15, 0.2) is 6.33 Å². The van der Waals surface area contributed by atoms with Crippen LogP contribution in [0, 0.1) is 11.8 Å². The molecule has 7 heteroatoms. The Bertz CT molecular complexity index is 518. The Morgan fingerprint density at radius 1 is 1.29 bits per heavy atom. The van der Waals surface area contributed by atoms with Crippen molar-refractivity contribution < 1.29 is 18.0 Å². The van der Waals surface area contributed by atoms with Gasteiger partial charge in [-0.2, -0.15) is 13.2 Å². The van der Waals surface area contributed by atoms with Gasteiger partial charge in [0.05, 0.1) is 17.9 Å². The number of alkyl halides is 3. The van der Waals surface area contributed by atoms with Crippen molar-refractivity contribution in [2.45, 2.75) is 38.3 Å². The molecule has 0 saturated carbocycles. The summed E-state index contributed by atoms with van der Waals surface area (Å²) in [5.74, 6) is -1.39. The molecule has 1 saturated heterocycles. The van der Waals surface area contributed by atoms with Crippen molar-refractivity contribution in [3.05, 3.63) is 17.7 Å². The highest BCUT2D eigenvalue weighted by molar-refractivity contribution is 5.79. The van der Waals surface area contributed by atoms with E-state index in [9.17, 15) is 18.0 Å². The van der Waals surface area contributed by atoms with Crippen molar-refractivity contribution in [2.75, 3.05) is 13.1 Å². The average molecular weight is 301 g/mol. The number of aromatic amines is 1. The number of fused-ring (bicyclic) bond motifs is 1. The Kier molecular flexibility index (Phi) is 3.67. The van der Waals surface area contributed by atoms with Gasteiger partial charge in [0.15, 0.2) is 0 Å². The van der Waals surface area contributed by atoms with Gasteiger partial charge in [-0.05, 0) is 25.7 Å². The van der Waals surface area contributed by atoms with Crippen LogP contribution < -0.4 is 0 Å². The third kappa shape index (κ3) is 2.91. The molecule has 1 aromatic heterocycles. The molecule has 1 fully saturated rings. The molecular formula is C14H18F3N3O. The number of rotatable bonds is 1. The molecule has 2 aliphatic rings. The van der Waals surface area contributed by atoms with E-state index < -0.39 is 12.1 Å². The third-order valence-electron chi connectivity index (χ3n) is 4.61. The molecule has 0 bridgehead atoms. The Balaban J connectivity index is 1.58. The number of halogens is 3. The number of H-pyrrole nitrogens is 1. The van der Waals surface area contributed by atoms with E-state index in [0.717, 1.165) is 24.2 Å². The average Bonchev–Trinajstić information content (AvgIpc) is 2.93. The number of likely N-dealkylation sites (tertiary alicyclic amines) is 1. The number of carbonyl (C=O) groups is 1. The topological polar surface area (TPSA) is 49.0 Å². The molecule has 0 radical (unpaired) electrons. The molecule has 1 aliphatic heterocycles. The van der Waals surface area contributed by atoms with Gasteiger partial charge in [-0.15, -0.1) is 0 Å². The van der Waals surface area contributed by atoms with Crippen molar-refractivity contribution in [3.8, 4) is 0 Å². The minimum absolute atomic E-state index is 0.00382. The van der Waals surface area contributed by atoms with Gasteiger partial charge in [0, 0.05) is 31.1 Å². The maximum absolute atomic E-state index is 12.6. The first-order chi connectivity index (χ1) is 9.95. The normalized spacial score (nSPS) is 24.0. The molecule has 4 nitrogen and oxygen atoms in total. The highest BCUT2D eigenvalue weighted by Crippen LogP contribution is 2.35. The van der Waals surface area contributed by atoms with Crippen LogP contribution in [0.4, 0.5) is 13.2 Å². The fourth-order valence-corrected chi connectivity index (χ4v) is 3.30. The standard InChI is InChI=1S/C14H18F3N3O/c15-14(16,17)10-3-5-20(6-4-10)13(21)9-1-2-11-12(7-9)19-8-18-11/h8-10H,1-7H2,(H,18,19)/t9-/m1/s1. The van der Waals surface area contributed by atoms with Gasteiger partial charge in [0.2, 0.25) is 5.91 Å². The van der Waals surface area contributed by atoms with Gasteiger partial charge < -0.3 is 9.88 Å². The van der Waals surface area contributed by atoms with E-state index in [1.165, 1.54) is 0 Å². The fraction of sp³-hybridized carbons (Fsp3) is 0.714. The van der Waals surface area contributed by atoms with Crippen molar-refractivity contribution in [1.29, 1.82) is 0 Å². The molecule has 0 aromatic carbocycles. The summed E-state index contributed by atoms with van der Waals surface area (Å²) >= 11 is 0. The highest BCUT2D eigenvalue weighted by atomic mass is 19.4. The van der Waals surface area contributed by atoms with Gasteiger partial charge in [0.1, 0.15) is 0 Å². The molecule has 3 rings (SSSR count). The van der Waals surface area contributed by atoms with E-state index in [-0.39, 0.29) is 37.8 Å². The van der Waals surface area contributed by atoms with E-state index in [1.54, 1.807) is 11.2 Å². The predicted molar refractivity (Wildman–Crippen MR) is 69.5 cm³/mol. The minimum Gasteiger partial charge on any atom is -0.348 e. The molecule has 0 unspecified atom stereocenters. The smallest absolute Gasteiger partial charge is 0.348 e. The van der Waals surface area contributed by atoms with Crippen LogP contribution in [0.5, 0.6) is 0 Å². The van der Waals surface area contributed by atoms with Gasteiger partial charge in [-0.1, -0.05) is 0 Å². The molecule has 1 atom stereocenters. The van der Waals surface area contributed by atoms with E-state index >= 15 is 0 Å². The molecule has 116 valence electrons. The SMILES string of the molecule is O=C([C@@H]1CCc2nc[nH]c2C1)N1CCC(C(F)(F)F)CC1. The Morgan fingerprint density at radius 3 is 2.67 bits per heavy atom. The lowest BCUT2D eigenvalue weighted by molar-refractivity contribution is -0.187. The lowest BCUT2D eigenvalue weighted by Crippen LogP contribution is -2.45. The molecule has 1 amide bonds. The second kappa shape index (κ2) is 5.35. The summed E-state index contributed by atoms with van der Waals surface area (Å²) < 4.78 is 37.9. The maximum Gasteiger partial charge on any atom is 0.391 e. The Morgan fingerprint density at radius 2 is 2.00 bits per heavy atom. The number of aryl methyl sites for hydroxylation is 1. The zero-order valence-corrected chi connectivity index (χ0v) is 11.6. The third-order valence-corrected chi connectivity index (χ3v) is 4.61. The molecule has 21 heavy (non-hydrogen) atoms. The van der Waals surface area contributed by atoms with Gasteiger partial charge >= 0.3 is 6.18 Å². The molecule has 1 aromatic rings. The highest BCUT2D eigenvalue weighted by Gasteiger charge is 2.42. The monoisotopic (exact) mass is 301 g/mol. The van der Waals surface area contributed by atoms with Crippen LogP contribution in [0.1, 0.15) is 30.7 Å². The van der Waals surface area contributed by atoms with Crippen LogP contribution in [-0.4, -0.2) is 40.0 Å². The van der Waals surface area contributed by atoms with E-state index in [4.69, 9.17) is 0 Å². The first-order valence-electron chi connectivity index (χ1n) is 7.32. The van der Waals surface area contributed by atoms with Gasteiger partial charge in [0.25, 0.3) is 0 Å². The number of nitrogens with zero attached hydrogens (tertiary/aromatic N) is 2. The number of hydrogen-bond donors (Lipinski definition) is 1. The minimum atomic E-state index is -4.13. The van der Waals surface area contributed by atoms with Gasteiger partial charge in [-0.3, -0.25) is 4.79 Å². The first kappa shape index (κ1) is 14.4. The molecule has 0 spiro atoms. The number of hydrogen-bond acceptors (Lipinski definition) is 2. The second-order valence-corrected chi connectivity index (χ2v) is 5.91. The number of nitrogens with one attached hydrogen (secondary N) is 1. The number of imidazole rings is 1. The quantitative estimate of drug-likeness (QED) is 0.865. The Hall–Kier alpha value is -1.53. The molecule has 2 heterocycles. The lowest BCUT2D eigenvalue weighted by Gasteiger charge is -2.35. The fourth-order valence-electron chi connectivity index (χ4n) is 3.30. The number of aromatic nitrogens is 2. The molecular weight excluding hydrogens is 283 g/mol. The van der Waals surface area contributed by atoms with Crippen LogP contribution in [0.25, 0.3) is 0 Å². The molecule has 1 N–H and O–H groups in total. The molecule has 1 aliphatic carbocycles. The van der Waals surface area contributed by atoms with Crippen LogP contribution in [0.2, 0.25) is 0 Å². The van der Waals surface area contributed by atoms with E-state index in [1.807, 2.05) is 0 Å². The zero-order chi connectivity index (χ0) is 15.0. The Labute approximate surface area is 120 Å². The van der Waals surface area contributed by atoms with Crippen molar-refractivity contribution >= 4 is 5.91 Å².